The number of halogens is 4. The maximum absolute atomic E-state index is 12.8. The number of nitrogens with one attached hydrogen (secondary N) is 2. The lowest BCUT2D eigenvalue weighted by molar-refractivity contribution is -0.138. The summed E-state index contributed by atoms with van der Waals surface area (Å²) < 4.78 is 38.3. The number of anilines is 1. The van der Waals surface area contributed by atoms with Gasteiger partial charge >= 0.3 is 12.1 Å². The van der Waals surface area contributed by atoms with Crippen molar-refractivity contribution in [1.29, 1.82) is 0 Å². The van der Waals surface area contributed by atoms with Crippen molar-refractivity contribution in [3.63, 3.8) is 0 Å². The van der Waals surface area contributed by atoms with E-state index in [0.29, 0.717) is 5.69 Å². The fourth-order valence-electron chi connectivity index (χ4n) is 2.29. The van der Waals surface area contributed by atoms with Crippen LogP contribution in [0.4, 0.5) is 18.9 Å². The highest BCUT2D eigenvalue weighted by Gasteiger charge is 2.30. The van der Waals surface area contributed by atoms with Crippen LogP contribution in [0.1, 0.15) is 27.9 Å². The average molecular weight is 441 g/mol. The summed E-state index contributed by atoms with van der Waals surface area (Å²) in [4.78, 5) is 34.3. The zero-order valence-electron chi connectivity index (χ0n) is 15.3. The molecule has 0 radical (unpaired) electrons. The highest BCUT2D eigenvalue weighted by molar-refractivity contribution is 6.32. The van der Waals surface area contributed by atoms with E-state index in [-0.39, 0.29) is 29.1 Å². The number of benzene rings is 2. The molecular formula is C20H16ClF3N2O4. The second kappa shape index (κ2) is 9.93. The smallest absolute Gasteiger partial charge is 0.416 e. The number of carbonyl (C=O) groups is 3. The van der Waals surface area contributed by atoms with Crippen LogP contribution in [0.3, 0.4) is 0 Å². The second-order valence-corrected chi connectivity index (χ2v) is 6.44. The molecule has 30 heavy (non-hydrogen) atoms. The molecule has 0 aromatic heterocycles. The van der Waals surface area contributed by atoms with Gasteiger partial charge in [-0.05, 0) is 54.1 Å². The van der Waals surface area contributed by atoms with Crippen LogP contribution in [0.15, 0.2) is 48.5 Å². The molecule has 0 atom stereocenters. The van der Waals surface area contributed by atoms with Crippen LogP contribution in [0.5, 0.6) is 0 Å². The van der Waals surface area contributed by atoms with Gasteiger partial charge in [0, 0.05) is 28.9 Å². The Balaban J connectivity index is 1.98. The van der Waals surface area contributed by atoms with Crippen LogP contribution >= 0.6 is 11.6 Å². The van der Waals surface area contributed by atoms with Crippen LogP contribution in [0, 0.1) is 0 Å². The summed E-state index contributed by atoms with van der Waals surface area (Å²) in [6, 6.07) is 8.55. The summed E-state index contributed by atoms with van der Waals surface area (Å²) >= 11 is 5.87. The average Bonchev–Trinajstić information content (AvgIpc) is 2.66. The summed E-state index contributed by atoms with van der Waals surface area (Å²) in [6.07, 6.45) is -2.54. The van der Waals surface area contributed by atoms with Gasteiger partial charge in [0.05, 0.1) is 12.0 Å². The first-order valence-corrected chi connectivity index (χ1v) is 8.90. The standard InChI is InChI=1S/C20H16ClF3N2O4/c21-16-7-4-14(20(22,23)24)11-13(16)3-8-17(27)26-15-5-1-12(2-6-15)19(30)25-10-9-18(28)29/h1-8,11H,9-10H2,(H,25,30)(H,26,27)(H,28,29)/b8-3+. The molecule has 6 nitrogen and oxygen atoms in total. The summed E-state index contributed by atoms with van der Waals surface area (Å²) in [5.74, 6) is -2.11. The largest absolute Gasteiger partial charge is 0.481 e. The van der Waals surface area contributed by atoms with E-state index in [1.165, 1.54) is 24.3 Å². The first kappa shape index (κ1) is 23.0. The number of alkyl halides is 3. The molecule has 3 N–H and O–H groups in total. The topological polar surface area (TPSA) is 95.5 Å². The Labute approximate surface area is 174 Å². The SMILES string of the molecule is O=C(O)CCNC(=O)c1ccc(NC(=O)/C=C/c2cc(C(F)(F)F)ccc2Cl)cc1. The highest BCUT2D eigenvalue weighted by Crippen LogP contribution is 2.32. The zero-order valence-corrected chi connectivity index (χ0v) is 16.1. The molecule has 2 rings (SSSR count). The molecule has 2 amide bonds. The fourth-order valence-corrected chi connectivity index (χ4v) is 2.47. The van der Waals surface area contributed by atoms with Gasteiger partial charge in [0.2, 0.25) is 5.91 Å². The van der Waals surface area contributed by atoms with E-state index in [2.05, 4.69) is 10.6 Å². The first-order valence-electron chi connectivity index (χ1n) is 8.52. The summed E-state index contributed by atoms with van der Waals surface area (Å²) in [5, 5.41) is 13.5. The van der Waals surface area contributed by atoms with E-state index in [1.54, 1.807) is 0 Å². The lowest BCUT2D eigenvalue weighted by atomic mass is 10.1. The first-order chi connectivity index (χ1) is 14.1. The third kappa shape index (κ3) is 6.93. The molecule has 0 saturated heterocycles. The number of carboxylic acid groups (broad SMARTS) is 1. The van der Waals surface area contributed by atoms with Crippen molar-refractivity contribution in [1.82, 2.24) is 5.32 Å². The number of carbonyl (C=O) groups excluding carboxylic acids is 2. The fraction of sp³-hybridized carbons (Fsp3) is 0.150. The van der Waals surface area contributed by atoms with Crippen LogP contribution in [-0.2, 0) is 15.8 Å². The van der Waals surface area contributed by atoms with Gasteiger partial charge in [-0.2, -0.15) is 13.2 Å². The van der Waals surface area contributed by atoms with Crippen molar-refractivity contribution in [2.24, 2.45) is 0 Å². The van der Waals surface area contributed by atoms with Gasteiger partial charge in [0.1, 0.15) is 0 Å². The molecule has 158 valence electrons. The Morgan fingerprint density at radius 1 is 1.07 bits per heavy atom. The predicted octanol–water partition coefficient (Wildman–Crippen LogP) is 4.22. The molecule has 0 bridgehead atoms. The summed E-state index contributed by atoms with van der Waals surface area (Å²) in [7, 11) is 0. The van der Waals surface area contributed by atoms with Crippen LogP contribution in [-0.4, -0.2) is 29.4 Å². The number of hydrogen-bond acceptors (Lipinski definition) is 3. The number of aliphatic carboxylic acids is 1. The molecular weight excluding hydrogens is 425 g/mol. The van der Waals surface area contributed by atoms with Gasteiger partial charge in [-0.3, -0.25) is 14.4 Å². The molecule has 0 spiro atoms. The van der Waals surface area contributed by atoms with Crippen LogP contribution in [0.2, 0.25) is 5.02 Å². The van der Waals surface area contributed by atoms with Gasteiger partial charge in [-0.1, -0.05) is 11.6 Å². The Bertz CT molecular complexity index is 973. The van der Waals surface area contributed by atoms with Crippen molar-refractivity contribution >= 4 is 41.1 Å². The van der Waals surface area contributed by atoms with Gasteiger partial charge in [0.25, 0.3) is 5.91 Å². The third-order valence-electron chi connectivity index (χ3n) is 3.78. The number of hydrogen-bond donors (Lipinski definition) is 3. The normalized spacial score (nSPS) is 11.3. The van der Waals surface area contributed by atoms with E-state index in [0.717, 1.165) is 30.4 Å². The quantitative estimate of drug-likeness (QED) is 0.562. The third-order valence-corrected chi connectivity index (χ3v) is 4.12. The molecule has 2 aromatic carbocycles. The summed E-state index contributed by atoms with van der Waals surface area (Å²) in [5.41, 5.74) is -0.231. The van der Waals surface area contributed by atoms with Crippen molar-refractivity contribution < 1.29 is 32.7 Å². The molecule has 0 saturated carbocycles. The second-order valence-electron chi connectivity index (χ2n) is 6.03. The molecule has 0 aliphatic carbocycles. The van der Waals surface area contributed by atoms with Crippen LogP contribution in [0.25, 0.3) is 6.08 Å². The predicted molar refractivity (Wildman–Crippen MR) is 105 cm³/mol. The molecule has 0 heterocycles. The minimum Gasteiger partial charge on any atom is -0.481 e. The Morgan fingerprint density at radius 2 is 1.73 bits per heavy atom. The van der Waals surface area contributed by atoms with E-state index >= 15 is 0 Å². The molecule has 0 aliphatic heterocycles. The van der Waals surface area contributed by atoms with Crippen molar-refractivity contribution in [3.8, 4) is 0 Å². The number of carboxylic acids is 1. The number of amides is 2. The van der Waals surface area contributed by atoms with Crippen molar-refractivity contribution in [2.75, 3.05) is 11.9 Å². The van der Waals surface area contributed by atoms with Gasteiger partial charge in [-0.15, -0.1) is 0 Å². The van der Waals surface area contributed by atoms with Crippen molar-refractivity contribution in [2.45, 2.75) is 12.6 Å². The Hall–Kier alpha value is -3.33. The lowest BCUT2D eigenvalue weighted by Crippen LogP contribution is -2.25. The molecule has 0 aliphatic rings. The zero-order chi connectivity index (χ0) is 22.3. The Kier molecular flexibility index (Phi) is 7.60. The maximum atomic E-state index is 12.8. The van der Waals surface area contributed by atoms with E-state index in [9.17, 15) is 27.6 Å². The molecule has 10 heteroatoms. The monoisotopic (exact) mass is 440 g/mol. The van der Waals surface area contributed by atoms with E-state index < -0.39 is 29.5 Å². The minimum atomic E-state index is -4.53. The Morgan fingerprint density at radius 3 is 2.33 bits per heavy atom. The van der Waals surface area contributed by atoms with Crippen LogP contribution < -0.4 is 10.6 Å². The minimum absolute atomic E-state index is 0.0183. The van der Waals surface area contributed by atoms with Gasteiger partial charge < -0.3 is 15.7 Å². The lowest BCUT2D eigenvalue weighted by Gasteiger charge is -2.08. The molecule has 0 unspecified atom stereocenters. The highest BCUT2D eigenvalue weighted by atomic mass is 35.5. The van der Waals surface area contributed by atoms with Crippen molar-refractivity contribution in [3.05, 3.63) is 70.3 Å². The van der Waals surface area contributed by atoms with Gasteiger partial charge in [0.15, 0.2) is 0 Å². The molecule has 2 aromatic rings. The molecule has 0 fully saturated rings. The van der Waals surface area contributed by atoms with E-state index in [4.69, 9.17) is 16.7 Å². The maximum Gasteiger partial charge on any atom is 0.416 e. The van der Waals surface area contributed by atoms with Gasteiger partial charge in [-0.25, -0.2) is 0 Å². The number of rotatable bonds is 7. The summed E-state index contributed by atoms with van der Waals surface area (Å²) in [6.45, 7) is -0.0183. The van der Waals surface area contributed by atoms with E-state index in [1.807, 2.05) is 0 Å².